The van der Waals surface area contributed by atoms with Gasteiger partial charge in [-0.05, 0) is 43.4 Å². The third kappa shape index (κ3) is 1.26. The van der Waals surface area contributed by atoms with Gasteiger partial charge in [0.1, 0.15) is 17.5 Å². The molecule has 3 saturated carbocycles. The minimum Gasteiger partial charge on any atom is -0.353 e. The summed E-state index contributed by atoms with van der Waals surface area (Å²) in [5, 5.41) is 0. The molecular formula is C19H24O3. The second kappa shape index (κ2) is 3.75. The first kappa shape index (κ1) is 13.5. The normalized spacial score (nSPS) is 58.6. The van der Waals surface area contributed by atoms with E-state index in [4.69, 9.17) is 4.74 Å². The van der Waals surface area contributed by atoms with Crippen LogP contribution in [0.4, 0.5) is 0 Å². The lowest BCUT2D eigenvalue weighted by molar-refractivity contribution is -0.132. The van der Waals surface area contributed by atoms with E-state index in [0.29, 0.717) is 30.0 Å². The quantitative estimate of drug-likeness (QED) is 0.510. The Morgan fingerprint density at radius 1 is 1.09 bits per heavy atom. The summed E-state index contributed by atoms with van der Waals surface area (Å²) >= 11 is 0. The molecule has 0 bridgehead atoms. The predicted octanol–water partition coefficient (Wildman–Crippen LogP) is 3.07. The van der Waals surface area contributed by atoms with Gasteiger partial charge in [-0.25, -0.2) is 0 Å². The van der Waals surface area contributed by atoms with E-state index in [-0.39, 0.29) is 28.3 Å². The molecule has 5 rings (SSSR count). The number of epoxide rings is 1. The number of carbonyl (C=O) groups is 2. The first-order valence-corrected chi connectivity index (χ1v) is 8.86. The Hall–Kier alpha value is -0.960. The van der Waals surface area contributed by atoms with Gasteiger partial charge in [0.2, 0.25) is 0 Å². The van der Waals surface area contributed by atoms with Gasteiger partial charge < -0.3 is 4.74 Å². The van der Waals surface area contributed by atoms with Gasteiger partial charge in [0.05, 0.1) is 0 Å². The van der Waals surface area contributed by atoms with Crippen LogP contribution in [0.15, 0.2) is 12.2 Å². The molecule has 4 aliphatic carbocycles. The Morgan fingerprint density at radius 3 is 2.73 bits per heavy atom. The lowest BCUT2D eigenvalue weighted by Crippen LogP contribution is -2.56. The van der Waals surface area contributed by atoms with Gasteiger partial charge >= 0.3 is 0 Å². The van der Waals surface area contributed by atoms with Gasteiger partial charge in [-0.15, -0.1) is 0 Å². The molecule has 3 nitrogen and oxygen atoms in total. The molecule has 0 unspecified atom stereocenters. The lowest BCUT2D eigenvalue weighted by atomic mass is 9.47. The van der Waals surface area contributed by atoms with Crippen LogP contribution in [0.1, 0.15) is 52.4 Å². The van der Waals surface area contributed by atoms with Gasteiger partial charge in [0.15, 0.2) is 5.78 Å². The molecule has 0 radical (unpaired) electrons. The van der Waals surface area contributed by atoms with Crippen LogP contribution in [0, 0.1) is 28.6 Å². The number of fused-ring (bicyclic) bond motifs is 4. The molecule has 3 heteroatoms. The summed E-state index contributed by atoms with van der Waals surface area (Å²) in [5.74, 6) is 2.34. The first-order chi connectivity index (χ1) is 10.4. The molecular weight excluding hydrogens is 276 g/mol. The van der Waals surface area contributed by atoms with Crippen LogP contribution in [0.25, 0.3) is 0 Å². The monoisotopic (exact) mass is 300 g/mol. The van der Waals surface area contributed by atoms with Gasteiger partial charge in [-0.1, -0.05) is 26.0 Å². The molecule has 0 N–H and O–H groups in total. The van der Waals surface area contributed by atoms with Gasteiger partial charge in [0, 0.05) is 23.7 Å². The largest absolute Gasteiger partial charge is 0.353 e. The third-order valence-corrected chi connectivity index (χ3v) is 8.15. The van der Waals surface area contributed by atoms with Gasteiger partial charge in [0.25, 0.3) is 0 Å². The molecule has 0 aromatic rings. The lowest BCUT2D eigenvalue weighted by Gasteiger charge is -2.55. The number of ether oxygens (including phenoxy) is 1. The molecule has 0 aromatic carbocycles. The van der Waals surface area contributed by atoms with Crippen molar-refractivity contribution in [2.45, 2.75) is 64.1 Å². The Labute approximate surface area is 131 Å². The Bertz CT molecular complexity index is 622. The molecule has 1 aliphatic heterocycles. The maximum atomic E-state index is 12.4. The average molecular weight is 300 g/mol. The van der Waals surface area contributed by atoms with Gasteiger partial charge in [-0.2, -0.15) is 0 Å². The zero-order chi connectivity index (χ0) is 15.3. The second-order valence-electron chi connectivity index (χ2n) is 8.74. The van der Waals surface area contributed by atoms with E-state index in [2.05, 4.69) is 26.0 Å². The molecule has 118 valence electrons. The van der Waals surface area contributed by atoms with E-state index in [9.17, 15) is 9.59 Å². The van der Waals surface area contributed by atoms with Crippen LogP contribution in [0.2, 0.25) is 0 Å². The van der Waals surface area contributed by atoms with Crippen molar-refractivity contribution in [1.82, 2.24) is 0 Å². The summed E-state index contributed by atoms with van der Waals surface area (Å²) in [6.45, 7) is 4.55. The fourth-order valence-electron chi connectivity index (χ4n) is 6.63. The standard InChI is InChI=1S/C19H24O3/c1-17-8-6-13-11(12(17)3-4-15(17)21)5-10-19-16(22-19)14(20)7-9-18(13,19)2/h5,10-13,16H,3-4,6-9H2,1-2H3/t11-,12-,13-,16+,17-,18+,19+/m0/s1. The minimum absolute atomic E-state index is 0.0813. The second-order valence-corrected chi connectivity index (χ2v) is 8.74. The fourth-order valence-corrected chi connectivity index (χ4v) is 6.63. The number of rotatable bonds is 0. The maximum Gasteiger partial charge on any atom is 0.164 e. The molecule has 22 heavy (non-hydrogen) atoms. The molecule has 0 aromatic heterocycles. The SMILES string of the molecule is C[C@]12CC[C@H]3[C@@H](C=C[C@@]45O[C@@H]4C(=O)CC[C@]35C)[C@@H]1CCC2=O. The van der Waals surface area contributed by atoms with Crippen molar-refractivity contribution in [1.29, 1.82) is 0 Å². The maximum absolute atomic E-state index is 12.4. The molecule has 5 aliphatic rings. The Balaban J connectivity index is 1.58. The topological polar surface area (TPSA) is 46.7 Å². The molecule has 1 spiro atoms. The number of carbonyl (C=O) groups excluding carboxylic acids is 2. The number of allylic oxidation sites excluding steroid dienone is 1. The van der Waals surface area contributed by atoms with Crippen molar-refractivity contribution in [3.8, 4) is 0 Å². The number of hydrogen-bond acceptors (Lipinski definition) is 3. The van der Waals surface area contributed by atoms with E-state index in [1.807, 2.05) is 0 Å². The molecule has 0 amide bonds. The summed E-state index contributed by atoms with van der Waals surface area (Å²) in [4.78, 5) is 24.4. The molecule has 7 atom stereocenters. The highest BCUT2D eigenvalue weighted by atomic mass is 16.6. The summed E-state index contributed by atoms with van der Waals surface area (Å²) in [6.07, 6.45) is 9.92. The molecule has 4 fully saturated rings. The van der Waals surface area contributed by atoms with E-state index in [1.165, 1.54) is 0 Å². The van der Waals surface area contributed by atoms with Crippen molar-refractivity contribution >= 4 is 11.6 Å². The highest BCUT2D eigenvalue weighted by molar-refractivity contribution is 5.90. The van der Waals surface area contributed by atoms with Crippen molar-refractivity contribution in [2.75, 3.05) is 0 Å². The third-order valence-electron chi connectivity index (χ3n) is 8.15. The van der Waals surface area contributed by atoms with E-state index in [0.717, 1.165) is 32.1 Å². The zero-order valence-corrected chi connectivity index (χ0v) is 13.4. The van der Waals surface area contributed by atoms with Crippen LogP contribution in [-0.4, -0.2) is 23.3 Å². The van der Waals surface area contributed by atoms with Crippen molar-refractivity contribution in [3.63, 3.8) is 0 Å². The number of Topliss-reactive ketones (excluding diaryl/α,β-unsaturated/α-hetero) is 2. The van der Waals surface area contributed by atoms with Crippen molar-refractivity contribution in [2.24, 2.45) is 28.6 Å². The number of ketones is 2. The highest BCUT2D eigenvalue weighted by Gasteiger charge is 2.75. The van der Waals surface area contributed by atoms with Crippen LogP contribution in [0.5, 0.6) is 0 Å². The fraction of sp³-hybridized carbons (Fsp3) is 0.789. The highest BCUT2D eigenvalue weighted by Crippen LogP contribution is 2.69. The average Bonchev–Trinajstić information content (AvgIpc) is 3.17. The van der Waals surface area contributed by atoms with Gasteiger partial charge in [-0.3, -0.25) is 9.59 Å². The van der Waals surface area contributed by atoms with E-state index >= 15 is 0 Å². The Kier molecular flexibility index (Phi) is 2.29. The van der Waals surface area contributed by atoms with Crippen LogP contribution in [0.3, 0.4) is 0 Å². The summed E-state index contributed by atoms with van der Waals surface area (Å²) in [5.41, 5.74) is -0.321. The summed E-state index contributed by atoms with van der Waals surface area (Å²) in [6, 6.07) is 0. The molecule has 1 heterocycles. The summed E-state index contributed by atoms with van der Waals surface area (Å²) < 4.78 is 5.99. The zero-order valence-electron chi connectivity index (χ0n) is 13.4. The van der Waals surface area contributed by atoms with Crippen LogP contribution >= 0.6 is 0 Å². The summed E-state index contributed by atoms with van der Waals surface area (Å²) in [7, 11) is 0. The van der Waals surface area contributed by atoms with Crippen LogP contribution in [-0.2, 0) is 14.3 Å². The van der Waals surface area contributed by atoms with Crippen molar-refractivity contribution < 1.29 is 14.3 Å². The smallest absolute Gasteiger partial charge is 0.164 e. The minimum atomic E-state index is -0.306. The number of hydrogen-bond donors (Lipinski definition) is 0. The van der Waals surface area contributed by atoms with Crippen molar-refractivity contribution in [3.05, 3.63) is 12.2 Å². The predicted molar refractivity (Wildman–Crippen MR) is 81.1 cm³/mol. The first-order valence-electron chi connectivity index (χ1n) is 8.86. The van der Waals surface area contributed by atoms with E-state index < -0.39 is 0 Å². The molecule has 1 saturated heterocycles. The Morgan fingerprint density at radius 2 is 1.91 bits per heavy atom. The van der Waals surface area contributed by atoms with Crippen LogP contribution < -0.4 is 0 Å². The van der Waals surface area contributed by atoms with E-state index in [1.54, 1.807) is 0 Å².